The first kappa shape index (κ1) is 16.8. The van der Waals surface area contributed by atoms with Crippen LogP contribution in [0.2, 0.25) is 0 Å². The highest BCUT2D eigenvalue weighted by Crippen LogP contribution is 2.22. The Bertz CT molecular complexity index is 931. The highest BCUT2D eigenvalue weighted by Gasteiger charge is 2.15. The van der Waals surface area contributed by atoms with E-state index in [4.69, 9.17) is 4.74 Å². The third-order valence-corrected chi connectivity index (χ3v) is 4.54. The number of pyridine rings is 2. The van der Waals surface area contributed by atoms with E-state index in [1.165, 1.54) is 0 Å². The Balaban J connectivity index is 1.51. The van der Waals surface area contributed by atoms with E-state index >= 15 is 0 Å². The number of Topliss-reactive ketones (excluding diaryl/α,β-unsaturated/α-hetero) is 1. The lowest BCUT2D eigenvalue weighted by Gasteiger charge is -2.25. The minimum Gasteiger partial charge on any atom is -0.379 e. The molecule has 4 heterocycles. The molecule has 1 fully saturated rings. The zero-order valence-corrected chi connectivity index (χ0v) is 14.8. The molecular formula is C19H21N5O2. The van der Waals surface area contributed by atoms with Gasteiger partial charge in [0.2, 0.25) is 0 Å². The summed E-state index contributed by atoms with van der Waals surface area (Å²) in [5.74, 6) is 0.176. The van der Waals surface area contributed by atoms with Crippen LogP contribution in [0, 0.1) is 0 Å². The quantitative estimate of drug-likeness (QED) is 0.693. The number of morpholine rings is 1. The Kier molecular flexibility index (Phi) is 4.73. The topological polar surface area (TPSA) is 73.1 Å². The van der Waals surface area contributed by atoms with Crippen molar-refractivity contribution in [1.29, 1.82) is 0 Å². The molecule has 0 aromatic carbocycles. The molecule has 0 unspecified atom stereocenters. The second-order valence-corrected chi connectivity index (χ2v) is 6.60. The highest BCUT2D eigenvalue weighted by atomic mass is 16.5. The van der Waals surface area contributed by atoms with Crippen LogP contribution in [0.5, 0.6) is 0 Å². The molecule has 3 aromatic heterocycles. The standard InChI is InChI=1S/C19H21N5O2/c1-23-12-16(10-22-23)15-6-14-7-17(20-11-19(14)21-9-15)8-18(25)13-24-2-4-26-5-3-24/h6-7,9-12H,2-5,8,13H2,1H3. The van der Waals surface area contributed by atoms with E-state index in [2.05, 4.69) is 26.0 Å². The molecule has 1 aliphatic heterocycles. The Morgan fingerprint density at radius 3 is 2.73 bits per heavy atom. The van der Waals surface area contributed by atoms with Crippen LogP contribution in [0.25, 0.3) is 22.0 Å². The van der Waals surface area contributed by atoms with E-state index in [1.807, 2.05) is 31.7 Å². The number of hydrogen-bond donors (Lipinski definition) is 0. The van der Waals surface area contributed by atoms with Crippen LogP contribution in [-0.4, -0.2) is 63.3 Å². The number of carbonyl (C=O) groups excluding carboxylic acids is 1. The molecule has 26 heavy (non-hydrogen) atoms. The molecule has 0 saturated carbocycles. The highest BCUT2D eigenvalue weighted by molar-refractivity contribution is 5.86. The van der Waals surface area contributed by atoms with Gasteiger partial charge in [-0.1, -0.05) is 0 Å². The largest absolute Gasteiger partial charge is 0.379 e. The fourth-order valence-electron chi connectivity index (χ4n) is 3.17. The van der Waals surface area contributed by atoms with Crippen molar-refractivity contribution in [3.8, 4) is 11.1 Å². The fourth-order valence-corrected chi connectivity index (χ4v) is 3.17. The maximum absolute atomic E-state index is 12.4. The molecule has 0 spiro atoms. The molecule has 0 N–H and O–H groups in total. The normalized spacial score (nSPS) is 15.4. The molecule has 0 radical (unpaired) electrons. The van der Waals surface area contributed by atoms with Crippen LogP contribution < -0.4 is 0 Å². The molecule has 1 aliphatic rings. The third-order valence-electron chi connectivity index (χ3n) is 4.54. The van der Waals surface area contributed by atoms with E-state index in [9.17, 15) is 4.79 Å². The molecule has 4 rings (SSSR count). The van der Waals surface area contributed by atoms with Crippen molar-refractivity contribution in [2.75, 3.05) is 32.8 Å². The number of ether oxygens (including phenoxy) is 1. The molecule has 0 amide bonds. The predicted octanol–water partition coefficient (Wildman–Crippen LogP) is 1.47. The van der Waals surface area contributed by atoms with Crippen molar-refractivity contribution in [3.63, 3.8) is 0 Å². The Morgan fingerprint density at radius 2 is 1.96 bits per heavy atom. The van der Waals surface area contributed by atoms with Crippen LogP contribution in [0.4, 0.5) is 0 Å². The summed E-state index contributed by atoms with van der Waals surface area (Å²) in [5.41, 5.74) is 3.62. The predicted molar refractivity (Wildman–Crippen MR) is 97.7 cm³/mol. The summed E-state index contributed by atoms with van der Waals surface area (Å²) < 4.78 is 7.08. The second kappa shape index (κ2) is 7.31. The van der Waals surface area contributed by atoms with Gasteiger partial charge in [0.1, 0.15) is 0 Å². The van der Waals surface area contributed by atoms with Crippen molar-refractivity contribution in [1.82, 2.24) is 24.6 Å². The van der Waals surface area contributed by atoms with Crippen molar-refractivity contribution in [2.24, 2.45) is 7.05 Å². The van der Waals surface area contributed by atoms with Gasteiger partial charge in [0.25, 0.3) is 0 Å². The van der Waals surface area contributed by atoms with Gasteiger partial charge in [-0.3, -0.25) is 24.3 Å². The molecule has 0 aliphatic carbocycles. The van der Waals surface area contributed by atoms with Crippen molar-refractivity contribution < 1.29 is 9.53 Å². The summed E-state index contributed by atoms with van der Waals surface area (Å²) in [4.78, 5) is 23.4. The minimum atomic E-state index is 0.176. The monoisotopic (exact) mass is 351 g/mol. The lowest BCUT2D eigenvalue weighted by molar-refractivity contribution is -0.120. The maximum Gasteiger partial charge on any atom is 0.152 e. The molecular weight excluding hydrogens is 330 g/mol. The molecule has 7 nitrogen and oxygen atoms in total. The summed E-state index contributed by atoms with van der Waals surface area (Å²) in [6.07, 6.45) is 7.67. The first-order valence-electron chi connectivity index (χ1n) is 8.73. The molecule has 0 atom stereocenters. The summed E-state index contributed by atoms with van der Waals surface area (Å²) in [6.45, 7) is 3.48. The summed E-state index contributed by atoms with van der Waals surface area (Å²) in [7, 11) is 1.89. The van der Waals surface area contributed by atoms with Gasteiger partial charge < -0.3 is 4.74 Å². The molecule has 3 aromatic rings. The van der Waals surface area contributed by atoms with E-state index in [0.717, 1.165) is 40.8 Å². The average molecular weight is 351 g/mol. The number of rotatable bonds is 5. The van der Waals surface area contributed by atoms with Gasteiger partial charge in [0.15, 0.2) is 5.78 Å². The molecule has 1 saturated heterocycles. The lowest BCUT2D eigenvalue weighted by Crippen LogP contribution is -2.39. The SMILES string of the molecule is Cn1cc(-c2cnc3cnc(CC(=O)CN4CCOCC4)cc3c2)cn1. The van der Waals surface area contributed by atoms with Gasteiger partial charge in [0.05, 0.1) is 44.1 Å². The average Bonchev–Trinajstić information content (AvgIpc) is 3.08. The zero-order valence-electron chi connectivity index (χ0n) is 14.8. The van der Waals surface area contributed by atoms with E-state index in [1.54, 1.807) is 10.9 Å². The van der Waals surface area contributed by atoms with Gasteiger partial charge in [-0.15, -0.1) is 0 Å². The number of aryl methyl sites for hydroxylation is 1. The number of carbonyl (C=O) groups is 1. The zero-order chi connectivity index (χ0) is 17.9. The van der Waals surface area contributed by atoms with Crippen molar-refractivity contribution in [2.45, 2.75) is 6.42 Å². The third kappa shape index (κ3) is 3.79. The molecule has 0 bridgehead atoms. The van der Waals surface area contributed by atoms with Crippen molar-refractivity contribution in [3.05, 3.63) is 42.6 Å². The Labute approximate surface area is 151 Å². The van der Waals surface area contributed by atoms with Crippen LogP contribution in [0.1, 0.15) is 5.69 Å². The van der Waals surface area contributed by atoms with E-state index < -0.39 is 0 Å². The van der Waals surface area contributed by atoms with E-state index in [0.29, 0.717) is 26.2 Å². The number of ketones is 1. The first-order chi connectivity index (χ1) is 12.7. The smallest absolute Gasteiger partial charge is 0.152 e. The fraction of sp³-hybridized carbons (Fsp3) is 0.368. The summed E-state index contributed by atoms with van der Waals surface area (Å²) in [5, 5.41) is 5.19. The van der Waals surface area contributed by atoms with Crippen LogP contribution in [0.3, 0.4) is 0 Å². The molecule has 134 valence electrons. The van der Waals surface area contributed by atoms with Gasteiger partial charge >= 0.3 is 0 Å². The van der Waals surface area contributed by atoms with Gasteiger partial charge in [0, 0.05) is 54.7 Å². The number of nitrogens with zero attached hydrogens (tertiary/aromatic N) is 5. The number of fused-ring (bicyclic) bond motifs is 1. The number of hydrogen-bond acceptors (Lipinski definition) is 6. The Hall–Kier alpha value is -2.64. The second-order valence-electron chi connectivity index (χ2n) is 6.60. The van der Waals surface area contributed by atoms with Gasteiger partial charge in [-0.2, -0.15) is 5.10 Å². The summed E-state index contributed by atoms with van der Waals surface area (Å²) in [6, 6.07) is 4.02. The maximum atomic E-state index is 12.4. The van der Waals surface area contributed by atoms with Crippen LogP contribution in [-0.2, 0) is 23.0 Å². The van der Waals surface area contributed by atoms with E-state index in [-0.39, 0.29) is 5.78 Å². The van der Waals surface area contributed by atoms with Gasteiger partial charge in [-0.25, -0.2) is 0 Å². The van der Waals surface area contributed by atoms with Crippen LogP contribution in [0.15, 0.2) is 36.9 Å². The van der Waals surface area contributed by atoms with Crippen molar-refractivity contribution >= 4 is 16.7 Å². The minimum absolute atomic E-state index is 0.176. The van der Waals surface area contributed by atoms with Gasteiger partial charge in [-0.05, 0) is 12.1 Å². The van der Waals surface area contributed by atoms with Crippen LogP contribution >= 0.6 is 0 Å². The number of aromatic nitrogens is 4. The Morgan fingerprint density at radius 1 is 1.12 bits per heavy atom. The molecule has 7 heteroatoms. The summed E-state index contributed by atoms with van der Waals surface area (Å²) >= 11 is 0. The first-order valence-corrected chi connectivity index (χ1v) is 8.73. The lowest BCUT2D eigenvalue weighted by atomic mass is 10.1.